The third-order valence-corrected chi connectivity index (χ3v) is 2.79. The Morgan fingerprint density at radius 3 is 2.82 bits per heavy atom. The highest BCUT2D eigenvalue weighted by Gasteiger charge is 2.15. The molecule has 0 amide bonds. The molecule has 5 nitrogen and oxygen atoms in total. The lowest BCUT2D eigenvalue weighted by Gasteiger charge is -2.02. The summed E-state index contributed by atoms with van der Waals surface area (Å²) in [5.74, 6) is -0.153. The maximum absolute atomic E-state index is 12.1. The van der Waals surface area contributed by atoms with Gasteiger partial charge in [-0.1, -0.05) is 29.5 Å². The Morgan fingerprint density at radius 2 is 2.24 bits per heavy atom. The number of carbonyl (C=O) groups excluding carboxylic acids is 1. The largest absolute Gasteiger partial charge is 0.368 e. The van der Waals surface area contributed by atoms with Crippen LogP contribution in [0.1, 0.15) is 15.9 Å². The molecule has 0 radical (unpaired) electrons. The molecule has 88 valence electrons. The maximum Gasteiger partial charge on any atom is 0.281 e. The summed E-state index contributed by atoms with van der Waals surface area (Å²) in [6.45, 7) is 1.93. The molecule has 0 spiro atoms. The molecule has 0 bridgehead atoms. The maximum atomic E-state index is 12.1. The summed E-state index contributed by atoms with van der Waals surface area (Å²) in [6.07, 6.45) is 1.83. The van der Waals surface area contributed by atoms with Gasteiger partial charge in [-0.25, -0.2) is 0 Å². The van der Waals surface area contributed by atoms with Crippen molar-refractivity contribution in [1.29, 1.82) is 0 Å². The van der Waals surface area contributed by atoms with E-state index in [0.717, 1.165) is 10.2 Å². The first-order valence-corrected chi connectivity index (χ1v) is 6.22. The second-order valence-corrected chi connectivity index (χ2v) is 4.32. The average Bonchev–Trinajstić information content (AvgIpc) is 2.69. The predicted molar refractivity (Wildman–Crippen MR) is 67.1 cm³/mol. The fourth-order valence-electron chi connectivity index (χ4n) is 1.44. The van der Waals surface area contributed by atoms with Crippen LogP contribution in [0.3, 0.4) is 0 Å². The van der Waals surface area contributed by atoms with Crippen molar-refractivity contribution in [2.45, 2.75) is 12.1 Å². The van der Waals surface area contributed by atoms with Crippen molar-refractivity contribution in [2.75, 3.05) is 12.0 Å². The lowest BCUT2D eigenvalue weighted by atomic mass is 10.1. The average molecular weight is 248 g/mol. The number of thioether (sulfide) groups is 1. The molecule has 6 heteroatoms. The van der Waals surface area contributed by atoms with Crippen LogP contribution in [-0.2, 0) is 0 Å². The molecule has 0 saturated heterocycles. The summed E-state index contributed by atoms with van der Waals surface area (Å²) in [6, 6.07) is 7.28. The number of benzene rings is 1. The normalized spacial score (nSPS) is 10.5. The van der Waals surface area contributed by atoms with Gasteiger partial charge in [0.25, 0.3) is 5.91 Å². The van der Waals surface area contributed by atoms with Crippen LogP contribution in [0.25, 0.3) is 0 Å². The van der Waals surface area contributed by atoms with Crippen LogP contribution in [-0.4, -0.2) is 26.9 Å². The molecule has 0 saturated carbocycles. The standard InChI is InChI=1S/C11H12N4OS/c1-7-4-3-5-8(6-7)9(16)15-10(12)13-11(14-15)17-2/h3-6H,1-2H3,(H2,12,13,14). The van der Waals surface area contributed by atoms with E-state index in [9.17, 15) is 4.79 Å². The van der Waals surface area contributed by atoms with E-state index in [2.05, 4.69) is 10.1 Å². The van der Waals surface area contributed by atoms with Gasteiger partial charge >= 0.3 is 0 Å². The van der Waals surface area contributed by atoms with Gasteiger partial charge < -0.3 is 5.73 Å². The highest BCUT2D eigenvalue weighted by molar-refractivity contribution is 7.98. The van der Waals surface area contributed by atoms with E-state index >= 15 is 0 Å². The molecule has 2 aromatic rings. The van der Waals surface area contributed by atoms with Crippen molar-refractivity contribution in [3.05, 3.63) is 35.4 Å². The Kier molecular flexibility index (Phi) is 3.14. The highest BCUT2D eigenvalue weighted by atomic mass is 32.2. The summed E-state index contributed by atoms with van der Waals surface area (Å²) in [5, 5.41) is 4.52. The van der Waals surface area contributed by atoms with Crippen molar-refractivity contribution in [1.82, 2.24) is 14.8 Å². The van der Waals surface area contributed by atoms with Crippen molar-refractivity contribution < 1.29 is 4.79 Å². The first-order chi connectivity index (χ1) is 8.11. The number of aromatic nitrogens is 3. The smallest absolute Gasteiger partial charge is 0.281 e. The predicted octanol–water partition coefficient (Wildman–Crippen LogP) is 1.58. The van der Waals surface area contributed by atoms with Crippen LogP contribution in [0.5, 0.6) is 0 Å². The van der Waals surface area contributed by atoms with Crippen LogP contribution in [0.15, 0.2) is 29.4 Å². The number of hydrogen-bond acceptors (Lipinski definition) is 5. The van der Waals surface area contributed by atoms with Gasteiger partial charge in [0, 0.05) is 5.56 Å². The molecule has 0 aliphatic heterocycles. The van der Waals surface area contributed by atoms with Gasteiger partial charge in [0.05, 0.1) is 0 Å². The number of carbonyl (C=O) groups is 1. The van der Waals surface area contributed by atoms with Gasteiger partial charge in [0.15, 0.2) is 0 Å². The minimum absolute atomic E-state index is 0.112. The fourth-order valence-corrected chi connectivity index (χ4v) is 1.79. The molecular formula is C11H12N4OS. The van der Waals surface area contributed by atoms with E-state index in [0.29, 0.717) is 10.7 Å². The fraction of sp³-hybridized carbons (Fsp3) is 0.182. The Bertz CT molecular complexity index is 564. The zero-order chi connectivity index (χ0) is 12.4. The highest BCUT2D eigenvalue weighted by Crippen LogP contribution is 2.13. The molecule has 2 N–H and O–H groups in total. The van der Waals surface area contributed by atoms with Crippen molar-refractivity contribution >= 4 is 23.6 Å². The first-order valence-electron chi connectivity index (χ1n) is 4.99. The van der Waals surface area contributed by atoms with Gasteiger partial charge in [-0.2, -0.15) is 9.67 Å². The second-order valence-electron chi connectivity index (χ2n) is 3.54. The zero-order valence-corrected chi connectivity index (χ0v) is 10.4. The topological polar surface area (TPSA) is 73.8 Å². The van der Waals surface area contributed by atoms with Crippen molar-refractivity contribution in [2.24, 2.45) is 0 Å². The Morgan fingerprint density at radius 1 is 1.47 bits per heavy atom. The van der Waals surface area contributed by atoms with E-state index in [-0.39, 0.29) is 11.9 Å². The minimum atomic E-state index is -0.265. The van der Waals surface area contributed by atoms with Gasteiger partial charge in [-0.05, 0) is 25.3 Å². The Balaban J connectivity index is 2.40. The molecule has 17 heavy (non-hydrogen) atoms. The molecule has 0 unspecified atom stereocenters. The van der Waals surface area contributed by atoms with Crippen LogP contribution in [0, 0.1) is 6.92 Å². The van der Waals surface area contributed by atoms with Crippen LogP contribution in [0.4, 0.5) is 5.95 Å². The Hall–Kier alpha value is -1.82. The monoisotopic (exact) mass is 248 g/mol. The van der Waals surface area contributed by atoms with Crippen molar-refractivity contribution in [3.63, 3.8) is 0 Å². The van der Waals surface area contributed by atoms with E-state index in [1.807, 2.05) is 25.3 Å². The summed E-state index contributed by atoms with van der Waals surface area (Å²) in [5.41, 5.74) is 7.21. The van der Waals surface area contributed by atoms with Gasteiger partial charge in [-0.3, -0.25) is 4.79 Å². The molecule has 0 fully saturated rings. The summed E-state index contributed by atoms with van der Waals surface area (Å²) in [7, 11) is 0. The molecule has 0 atom stereocenters. The van der Waals surface area contributed by atoms with Gasteiger partial charge in [0.1, 0.15) is 0 Å². The van der Waals surface area contributed by atoms with Gasteiger partial charge in [-0.15, -0.1) is 5.10 Å². The van der Waals surface area contributed by atoms with Crippen molar-refractivity contribution in [3.8, 4) is 0 Å². The third-order valence-electron chi connectivity index (χ3n) is 2.25. The van der Waals surface area contributed by atoms with Crippen LogP contribution < -0.4 is 5.73 Å². The lowest BCUT2D eigenvalue weighted by Crippen LogP contribution is -2.16. The quantitative estimate of drug-likeness (QED) is 0.817. The number of nitrogen functional groups attached to an aromatic ring is 1. The van der Waals surface area contributed by atoms with E-state index < -0.39 is 0 Å². The molecule has 1 aromatic heterocycles. The van der Waals surface area contributed by atoms with E-state index in [1.54, 1.807) is 12.1 Å². The van der Waals surface area contributed by atoms with Crippen LogP contribution in [0.2, 0.25) is 0 Å². The zero-order valence-electron chi connectivity index (χ0n) is 9.54. The second kappa shape index (κ2) is 4.58. The number of hydrogen-bond donors (Lipinski definition) is 1. The molecular weight excluding hydrogens is 236 g/mol. The lowest BCUT2D eigenvalue weighted by molar-refractivity contribution is 0.0946. The first kappa shape index (κ1) is 11.7. The van der Waals surface area contributed by atoms with E-state index in [1.165, 1.54) is 11.8 Å². The molecule has 0 aliphatic rings. The Labute approximate surface area is 103 Å². The number of rotatable bonds is 2. The molecule has 2 rings (SSSR count). The number of aryl methyl sites for hydroxylation is 1. The summed E-state index contributed by atoms with van der Waals surface area (Å²) >= 11 is 1.34. The molecule has 0 aliphatic carbocycles. The summed E-state index contributed by atoms with van der Waals surface area (Å²) in [4.78, 5) is 16.1. The minimum Gasteiger partial charge on any atom is -0.368 e. The molecule has 1 heterocycles. The third kappa shape index (κ3) is 2.31. The molecule has 1 aromatic carbocycles. The summed E-state index contributed by atoms with van der Waals surface area (Å²) < 4.78 is 1.13. The van der Waals surface area contributed by atoms with Gasteiger partial charge in [0.2, 0.25) is 11.1 Å². The number of anilines is 1. The number of nitrogens with two attached hydrogens (primary N) is 1. The van der Waals surface area contributed by atoms with E-state index in [4.69, 9.17) is 5.73 Å². The number of nitrogens with zero attached hydrogens (tertiary/aromatic N) is 3. The van der Waals surface area contributed by atoms with Crippen LogP contribution >= 0.6 is 11.8 Å². The SMILES string of the molecule is CSc1nc(N)n(C(=O)c2cccc(C)c2)n1.